The second kappa shape index (κ2) is 7.34. The molecule has 3 aromatic rings. The van der Waals surface area contributed by atoms with Crippen molar-refractivity contribution in [2.45, 2.75) is 51.6 Å². The smallest absolute Gasteiger partial charge is 0.195 e. The highest BCUT2D eigenvalue weighted by molar-refractivity contribution is 6.20. The minimum absolute atomic E-state index is 0.0274. The van der Waals surface area contributed by atoms with Gasteiger partial charge < -0.3 is 14.8 Å². The molecule has 2 N–H and O–H groups in total. The summed E-state index contributed by atoms with van der Waals surface area (Å²) < 4.78 is 5.68. The lowest BCUT2D eigenvalue weighted by molar-refractivity contribution is 0.0712. The topological polar surface area (TPSA) is 74.7 Å². The molecule has 0 bridgehead atoms. The predicted molar refractivity (Wildman–Crippen MR) is 125 cm³/mol. The molecular weight excluding hydrogens is 388 g/mol. The van der Waals surface area contributed by atoms with E-state index < -0.39 is 11.0 Å². The maximum Gasteiger partial charge on any atom is 0.195 e. The van der Waals surface area contributed by atoms with Gasteiger partial charge in [-0.25, -0.2) is 0 Å². The fourth-order valence-corrected chi connectivity index (χ4v) is 4.57. The monoisotopic (exact) mass is 418 g/mol. The molecule has 0 spiro atoms. The van der Waals surface area contributed by atoms with Crippen molar-refractivity contribution in [3.8, 4) is 5.75 Å². The highest BCUT2D eigenvalue weighted by Crippen LogP contribution is 2.45. The number of aromatic amines is 1. The molecule has 2 aromatic carbocycles. The number of aliphatic imine (C=N–C) groups is 1. The Balaban J connectivity index is 1.90. The van der Waals surface area contributed by atoms with Gasteiger partial charge >= 0.3 is 0 Å². The molecule has 1 aliphatic carbocycles. The van der Waals surface area contributed by atoms with Crippen LogP contribution in [-0.4, -0.2) is 41.8 Å². The van der Waals surface area contributed by atoms with Crippen LogP contribution in [0.4, 0.5) is 0 Å². The maximum atomic E-state index is 13.7. The van der Waals surface area contributed by atoms with E-state index in [9.17, 15) is 9.90 Å². The van der Waals surface area contributed by atoms with E-state index in [0.29, 0.717) is 18.4 Å². The molecule has 5 nitrogen and oxygen atoms in total. The van der Waals surface area contributed by atoms with Crippen molar-refractivity contribution in [1.29, 1.82) is 0 Å². The number of hydrogen-bond acceptors (Lipinski definition) is 4. The average Bonchev–Trinajstić information content (AvgIpc) is 3.10. The van der Waals surface area contributed by atoms with Gasteiger partial charge in [0.2, 0.25) is 0 Å². The summed E-state index contributed by atoms with van der Waals surface area (Å²) in [4.78, 5) is 21.3. The number of nitrogens with one attached hydrogen (secondary N) is 1. The quantitative estimate of drug-likeness (QED) is 0.585. The number of benzene rings is 2. The summed E-state index contributed by atoms with van der Waals surface area (Å²) in [6.45, 7) is 7.86. The number of nitrogens with zero attached hydrogens (tertiary/aromatic N) is 1. The summed E-state index contributed by atoms with van der Waals surface area (Å²) in [5.41, 5.74) is 5.03. The Hall–Kier alpha value is -2.92. The highest BCUT2D eigenvalue weighted by atomic mass is 16.5. The number of carbonyl (C=O) groups excluding carboxylic acids is 1. The Morgan fingerprint density at radius 1 is 1.23 bits per heavy atom. The van der Waals surface area contributed by atoms with Crippen LogP contribution in [0.25, 0.3) is 10.9 Å². The molecule has 0 saturated heterocycles. The summed E-state index contributed by atoms with van der Waals surface area (Å²) in [6.07, 6.45) is 3.02. The first-order chi connectivity index (χ1) is 14.6. The molecule has 0 amide bonds. The average molecular weight is 419 g/mol. The number of carbonyl (C=O) groups is 1. The van der Waals surface area contributed by atoms with Gasteiger partial charge in [0.15, 0.2) is 5.78 Å². The molecule has 0 radical (unpaired) electrons. The first-order valence-corrected chi connectivity index (χ1v) is 10.6. The number of ketones is 1. The van der Waals surface area contributed by atoms with Crippen LogP contribution in [0.1, 0.15) is 72.4 Å². The van der Waals surface area contributed by atoms with Gasteiger partial charge in [-0.3, -0.25) is 9.79 Å². The number of aryl methyl sites for hydroxylation is 1. The summed E-state index contributed by atoms with van der Waals surface area (Å²) in [7, 11) is 3.40. The van der Waals surface area contributed by atoms with E-state index in [1.54, 1.807) is 34.2 Å². The molecule has 31 heavy (non-hydrogen) atoms. The van der Waals surface area contributed by atoms with Gasteiger partial charge in [-0.2, -0.15) is 0 Å². The van der Waals surface area contributed by atoms with E-state index >= 15 is 0 Å². The zero-order valence-corrected chi connectivity index (χ0v) is 19.1. The fourth-order valence-electron chi connectivity index (χ4n) is 4.57. The molecule has 0 saturated carbocycles. The summed E-state index contributed by atoms with van der Waals surface area (Å²) >= 11 is 0. The van der Waals surface area contributed by atoms with Gasteiger partial charge in [0, 0.05) is 40.8 Å². The minimum Gasteiger partial charge on any atom is -0.496 e. The lowest BCUT2D eigenvalue weighted by Crippen LogP contribution is -2.30. The summed E-state index contributed by atoms with van der Waals surface area (Å²) in [6, 6.07) is 9.98. The first kappa shape index (κ1) is 21.3. The largest absolute Gasteiger partial charge is 0.496 e. The van der Waals surface area contributed by atoms with E-state index in [2.05, 4.69) is 23.8 Å². The Morgan fingerprint density at radius 2 is 1.97 bits per heavy atom. The number of rotatable bonds is 5. The fraction of sp³-hybridized carbons (Fsp3) is 0.385. The van der Waals surface area contributed by atoms with Gasteiger partial charge in [-0.15, -0.1) is 0 Å². The van der Waals surface area contributed by atoms with E-state index in [1.807, 2.05) is 30.3 Å². The molecule has 0 unspecified atom stereocenters. The van der Waals surface area contributed by atoms with Crippen LogP contribution in [0.3, 0.4) is 0 Å². The molecule has 162 valence electrons. The van der Waals surface area contributed by atoms with Crippen LogP contribution in [0.5, 0.6) is 5.75 Å². The predicted octanol–water partition coefficient (Wildman–Crippen LogP) is 4.80. The van der Waals surface area contributed by atoms with Crippen molar-refractivity contribution in [2.75, 3.05) is 14.2 Å². The van der Waals surface area contributed by atoms with E-state index in [4.69, 9.17) is 4.74 Å². The number of fused-ring (bicyclic) bond motifs is 4. The van der Waals surface area contributed by atoms with Crippen LogP contribution >= 0.6 is 0 Å². The van der Waals surface area contributed by atoms with Gasteiger partial charge in [0.25, 0.3) is 0 Å². The number of aliphatic hydroxyl groups is 1. The molecule has 1 heterocycles. The Kier molecular flexibility index (Phi) is 5.05. The number of hydrogen-bond donors (Lipinski definition) is 2. The van der Waals surface area contributed by atoms with Crippen molar-refractivity contribution < 1.29 is 14.6 Å². The molecule has 5 heteroatoms. The summed E-state index contributed by atoms with van der Waals surface area (Å²) in [5.74, 6) is 0.782. The number of H-pyrrole nitrogens is 1. The molecule has 1 aromatic heterocycles. The normalized spacial score (nSPS) is 15.4. The molecular formula is C26H30N2O3. The van der Waals surface area contributed by atoms with Gasteiger partial charge in [0.1, 0.15) is 5.75 Å². The number of aromatic nitrogens is 1. The third kappa shape index (κ3) is 3.57. The van der Waals surface area contributed by atoms with Gasteiger partial charge in [0.05, 0.1) is 18.3 Å². The van der Waals surface area contributed by atoms with E-state index in [-0.39, 0.29) is 5.78 Å². The van der Waals surface area contributed by atoms with Crippen molar-refractivity contribution in [3.05, 3.63) is 63.8 Å². The lowest BCUT2D eigenvalue weighted by atomic mass is 9.70. The van der Waals surface area contributed by atoms with Crippen LogP contribution in [0.15, 0.2) is 35.3 Å². The molecule has 0 aliphatic heterocycles. The Morgan fingerprint density at radius 3 is 2.61 bits per heavy atom. The van der Waals surface area contributed by atoms with Crippen LogP contribution < -0.4 is 4.74 Å². The van der Waals surface area contributed by atoms with Crippen LogP contribution in [-0.2, 0) is 11.8 Å². The minimum atomic E-state index is -0.784. The van der Waals surface area contributed by atoms with Gasteiger partial charge in [-0.05, 0) is 61.6 Å². The van der Waals surface area contributed by atoms with E-state index in [0.717, 1.165) is 44.6 Å². The Bertz CT molecular complexity index is 1210. The van der Waals surface area contributed by atoms with Crippen LogP contribution in [0.2, 0.25) is 0 Å². The van der Waals surface area contributed by atoms with Crippen LogP contribution in [0, 0.1) is 0 Å². The van der Waals surface area contributed by atoms with Gasteiger partial charge in [-0.1, -0.05) is 26.0 Å². The lowest BCUT2D eigenvalue weighted by Gasteiger charge is -2.33. The second-order valence-electron chi connectivity index (χ2n) is 9.54. The molecule has 4 rings (SSSR count). The SMILES string of the molecule is C/N=C/c1ccc2c3c([nH]c2c1)C(C)(C)c1cc(OC)c(CCC(C)(C)O)cc1C3=O. The third-order valence-electron chi connectivity index (χ3n) is 6.30. The van der Waals surface area contributed by atoms with Crippen molar-refractivity contribution in [2.24, 2.45) is 4.99 Å². The standard InChI is InChI=1S/C26H30N2O3/c1-25(2,30)10-9-16-12-18-19(13-21(16)31-6)26(3,4)24-22(23(18)29)17-8-7-15(14-27-5)11-20(17)28-24/h7-8,11-14,28,30H,9-10H2,1-6H3/b27-14+. The van der Waals surface area contributed by atoms with Crippen molar-refractivity contribution in [3.63, 3.8) is 0 Å². The zero-order chi connectivity index (χ0) is 22.6. The zero-order valence-electron chi connectivity index (χ0n) is 19.1. The van der Waals surface area contributed by atoms with Crippen molar-refractivity contribution >= 4 is 22.9 Å². The molecule has 0 fully saturated rings. The molecule has 0 atom stereocenters. The number of methoxy groups -OCH3 is 1. The molecule has 1 aliphatic rings. The maximum absolute atomic E-state index is 13.7. The first-order valence-electron chi connectivity index (χ1n) is 10.6. The second-order valence-corrected chi connectivity index (χ2v) is 9.54. The Labute approximate surface area is 183 Å². The van der Waals surface area contributed by atoms with E-state index in [1.165, 1.54) is 0 Å². The third-order valence-corrected chi connectivity index (χ3v) is 6.30. The van der Waals surface area contributed by atoms with Crippen molar-refractivity contribution in [1.82, 2.24) is 4.98 Å². The number of ether oxygens (including phenoxy) is 1. The highest BCUT2D eigenvalue weighted by Gasteiger charge is 2.40. The summed E-state index contributed by atoms with van der Waals surface area (Å²) in [5, 5.41) is 11.1.